The van der Waals surface area contributed by atoms with Crippen molar-refractivity contribution in [1.29, 1.82) is 0 Å². The molecule has 134 valence electrons. The van der Waals surface area contributed by atoms with Crippen molar-refractivity contribution >= 4 is 22.7 Å². The van der Waals surface area contributed by atoms with Gasteiger partial charge in [0, 0.05) is 5.56 Å². The quantitative estimate of drug-likeness (QED) is 0.564. The summed E-state index contributed by atoms with van der Waals surface area (Å²) < 4.78 is 10.7. The van der Waals surface area contributed by atoms with Gasteiger partial charge in [0.25, 0.3) is 5.91 Å². The third kappa shape index (κ3) is 3.74. The molecule has 6 nitrogen and oxygen atoms in total. The lowest BCUT2D eigenvalue weighted by molar-refractivity contribution is 0.102. The second-order valence-corrected chi connectivity index (χ2v) is 5.95. The number of hydrogen-bond donors (Lipinski definition) is 2. The monoisotopic (exact) mass is 360 g/mol. The fourth-order valence-electron chi connectivity index (χ4n) is 2.71. The Morgan fingerprint density at radius 3 is 2.52 bits per heavy atom. The molecule has 0 bridgehead atoms. The molecule has 3 aromatic carbocycles. The average Bonchev–Trinajstić information content (AvgIpc) is 3.09. The average molecular weight is 360 g/mol. The zero-order valence-electron chi connectivity index (χ0n) is 14.3. The van der Waals surface area contributed by atoms with E-state index in [1.165, 1.54) is 0 Å². The standard InChI is InChI=1S/C21H16N2O4/c24-20(22-17-7-4-8-18-19(17)23-21(25)27-18)15-9-11-16(12-10-15)26-13-14-5-2-1-3-6-14/h1-12H,13H2,(H,22,24)(H,23,25). The van der Waals surface area contributed by atoms with Crippen molar-refractivity contribution in [3.63, 3.8) is 0 Å². The predicted molar refractivity (Wildman–Crippen MR) is 102 cm³/mol. The minimum absolute atomic E-state index is 0.292. The lowest BCUT2D eigenvalue weighted by Gasteiger charge is -2.08. The van der Waals surface area contributed by atoms with E-state index in [1.807, 2.05) is 30.3 Å². The molecule has 0 aliphatic carbocycles. The van der Waals surface area contributed by atoms with Gasteiger partial charge in [-0.15, -0.1) is 0 Å². The predicted octanol–water partition coefficient (Wildman–Crippen LogP) is 3.95. The van der Waals surface area contributed by atoms with Crippen LogP contribution in [0.3, 0.4) is 0 Å². The molecule has 0 unspecified atom stereocenters. The van der Waals surface area contributed by atoms with E-state index in [2.05, 4.69) is 10.3 Å². The summed E-state index contributed by atoms with van der Waals surface area (Å²) >= 11 is 0. The van der Waals surface area contributed by atoms with Crippen molar-refractivity contribution in [2.75, 3.05) is 5.32 Å². The molecule has 0 aliphatic heterocycles. The first-order chi connectivity index (χ1) is 13.2. The van der Waals surface area contributed by atoms with E-state index in [1.54, 1.807) is 42.5 Å². The topological polar surface area (TPSA) is 84.3 Å². The molecule has 0 saturated heterocycles. The SMILES string of the molecule is O=C(Nc1cccc2oc(=O)[nH]c12)c1ccc(OCc2ccccc2)cc1. The summed E-state index contributed by atoms with van der Waals surface area (Å²) in [6.07, 6.45) is 0. The number of ether oxygens (including phenoxy) is 1. The fourth-order valence-corrected chi connectivity index (χ4v) is 2.71. The van der Waals surface area contributed by atoms with Crippen LogP contribution in [-0.4, -0.2) is 10.9 Å². The number of nitrogens with one attached hydrogen (secondary N) is 2. The number of anilines is 1. The molecular weight excluding hydrogens is 344 g/mol. The van der Waals surface area contributed by atoms with Crippen molar-refractivity contribution < 1.29 is 13.9 Å². The molecule has 0 spiro atoms. The van der Waals surface area contributed by atoms with Gasteiger partial charge in [0.05, 0.1) is 5.69 Å². The van der Waals surface area contributed by atoms with Gasteiger partial charge in [-0.2, -0.15) is 0 Å². The van der Waals surface area contributed by atoms with Crippen molar-refractivity contribution in [2.45, 2.75) is 6.61 Å². The molecule has 1 aromatic heterocycles. The van der Waals surface area contributed by atoms with E-state index in [0.717, 1.165) is 5.56 Å². The maximum atomic E-state index is 12.5. The van der Waals surface area contributed by atoms with Crippen LogP contribution >= 0.6 is 0 Å². The maximum Gasteiger partial charge on any atom is 0.417 e. The highest BCUT2D eigenvalue weighted by Gasteiger charge is 2.11. The molecule has 4 rings (SSSR count). The van der Waals surface area contributed by atoms with Gasteiger partial charge in [0.15, 0.2) is 5.58 Å². The molecule has 0 aliphatic rings. The van der Waals surface area contributed by atoms with E-state index in [-0.39, 0.29) is 5.91 Å². The number of para-hydroxylation sites is 1. The Kier molecular flexibility index (Phi) is 4.45. The Morgan fingerprint density at radius 2 is 1.74 bits per heavy atom. The van der Waals surface area contributed by atoms with Crippen LogP contribution in [0.15, 0.2) is 82.0 Å². The van der Waals surface area contributed by atoms with Crippen LogP contribution in [0.5, 0.6) is 5.75 Å². The third-order valence-electron chi connectivity index (χ3n) is 4.07. The highest BCUT2D eigenvalue weighted by atomic mass is 16.5. The van der Waals surface area contributed by atoms with Crippen molar-refractivity contribution in [1.82, 2.24) is 4.98 Å². The van der Waals surface area contributed by atoms with Gasteiger partial charge in [-0.3, -0.25) is 9.78 Å². The van der Waals surface area contributed by atoms with Gasteiger partial charge in [-0.25, -0.2) is 4.79 Å². The largest absolute Gasteiger partial charge is 0.489 e. The number of hydrogen-bond acceptors (Lipinski definition) is 4. The van der Waals surface area contributed by atoms with Crippen LogP contribution < -0.4 is 15.8 Å². The molecule has 0 atom stereocenters. The van der Waals surface area contributed by atoms with Crippen LogP contribution in [0.2, 0.25) is 0 Å². The van der Waals surface area contributed by atoms with E-state index < -0.39 is 5.76 Å². The Balaban J connectivity index is 1.45. The first-order valence-electron chi connectivity index (χ1n) is 8.39. The van der Waals surface area contributed by atoms with Crippen LogP contribution in [-0.2, 0) is 6.61 Å². The molecular formula is C21H16N2O4. The van der Waals surface area contributed by atoms with Gasteiger partial charge in [-0.1, -0.05) is 36.4 Å². The van der Waals surface area contributed by atoms with Crippen LogP contribution in [0.4, 0.5) is 5.69 Å². The normalized spacial score (nSPS) is 10.7. The smallest absolute Gasteiger partial charge is 0.417 e. The number of rotatable bonds is 5. The molecule has 1 amide bonds. The molecule has 0 radical (unpaired) electrons. The summed E-state index contributed by atoms with van der Waals surface area (Å²) in [6, 6.07) is 21.8. The van der Waals surface area contributed by atoms with E-state index in [9.17, 15) is 9.59 Å². The van der Waals surface area contributed by atoms with Crippen LogP contribution in [0.25, 0.3) is 11.1 Å². The second kappa shape index (κ2) is 7.21. The summed E-state index contributed by atoms with van der Waals surface area (Å²) in [5.41, 5.74) is 2.88. The fraction of sp³-hybridized carbons (Fsp3) is 0.0476. The summed E-state index contributed by atoms with van der Waals surface area (Å²) in [6.45, 7) is 0.461. The first kappa shape index (κ1) is 16.7. The van der Waals surface area contributed by atoms with Crippen molar-refractivity contribution in [3.05, 3.63) is 94.5 Å². The molecule has 0 saturated carbocycles. The van der Waals surface area contributed by atoms with E-state index >= 15 is 0 Å². The van der Waals surface area contributed by atoms with E-state index in [4.69, 9.17) is 9.15 Å². The maximum absolute atomic E-state index is 12.5. The summed E-state index contributed by atoms with van der Waals surface area (Å²) in [5, 5.41) is 2.78. The zero-order valence-corrected chi connectivity index (χ0v) is 14.3. The number of amides is 1. The number of carbonyl (C=O) groups excluding carboxylic acids is 1. The minimum atomic E-state index is -0.563. The Morgan fingerprint density at radius 1 is 0.963 bits per heavy atom. The summed E-state index contributed by atoms with van der Waals surface area (Å²) in [4.78, 5) is 26.4. The Labute approximate surface area is 154 Å². The highest BCUT2D eigenvalue weighted by Crippen LogP contribution is 2.21. The summed E-state index contributed by atoms with van der Waals surface area (Å²) in [5.74, 6) is -0.178. The number of aromatic nitrogens is 1. The lowest BCUT2D eigenvalue weighted by atomic mass is 10.2. The number of oxazole rings is 1. The van der Waals surface area contributed by atoms with Gasteiger partial charge in [0.1, 0.15) is 17.9 Å². The van der Waals surface area contributed by atoms with Crippen molar-refractivity contribution in [3.8, 4) is 5.75 Å². The van der Waals surface area contributed by atoms with Gasteiger partial charge in [0.2, 0.25) is 0 Å². The first-order valence-corrected chi connectivity index (χ1v) is 8.39. The molecule has 1 heterocycles. The Hall–Kier alpha value is -3.80. The van der Waals surface area contributed by atoms with Crippen LogP contribution in [0, 0.1) is 0 Å². The third-order valence-corrected chi connectivity index (χ3v) is 4.07. The highest BCUT2D eigenvalue weighted by molar-refractivity contribution is 6.07. The van der Waals surface area contributed by atoms with Gasteiger partial charge in [-0.05, 0) is 42.0 Å². The number of H-pyrrole nitrogens is 1. The summed E-state index contributed by atoms with van der Waals surface area (Å²) in [7, 11) is 0. The number of aromatic amines is 1. The molecule has 4 aromatic rings. The molecule has 6 heteroatoms. The number of fused-ring (bicyclic) bond motifs is 1. The molecule has 0 fully saturated rings. The lowest BCUT2D eigenvalue weighted by Crippen LogP contribution is -2.12. The van der Waals surface area contributed by atoms with Crippen molar-refractivity contribution in [2.24, 2.45) is 0 Å². The van der Waals surface area contributed by atoms with Gasteiger partial charge < -0.3 is 14.5 Å². The van der Waals surface area contributed by atoms with Gasteiger partial charge >= 0.3 is 5.76 Å². The molecule has 27 heavy (non-hydrogen) atoms. The Bertz CT molecular complexity index is 1130. The zero-order chi connectivity index (χ0) is 18.6. The van der Waals surface area contributed by atoms with Crippen LogP contribution in [0.1, 0.15) is 15.9 Å². The minimum Gasteiger partial charge on any atom is -0.489 e. The second-order valence-electron chi connectivity index (χ2n) is 5.95. The number of benzene rings is 3. The van der Waals surface area contributed by atoms with E-state index in [0.29, 0.717) is 34.7 Å². The molecule has 2 N–H and O–H groups in total. The number of carbonyl (C=O) groups is 1.